The second kappa shape index (κ2) is 5.59. The van der Waals surface area contributed by atoms with Crippen molar-refractivity contribution in [2.24, 2.45) is 0 Å². The van der Waals surface area contributed by atoms with Gasteiger partial charge < -0.3 is 4.74 Å². The summed E-state index contributed by atoms with van der Waals surface area (Å²) in [5, 5.41) is 0. The van der Waals surface area contributed by atoms with E-state index in [9.17, 15) is 18.0 Å². The molecule has 0 aromatic carbocycles. The Morgan fingerprint density at radius 1 is 1.21 bits per heavy atom. The summed E-state index contributed by atoms with van der Waals surface area (Å²) >= 11 is 0. The predicted octanol–water partition coefficient (Wildman–Crippen LogP) is 3.59. The van der Waals surface area contributed by atoms with Crippen molar-refractivity contribution in [1.29, 1.82) is 0 Å². The highest BCUT2D eigenvalue weighted by molar-refractivity contribution is 5.89. The molecule has 0 unspecified atom stereocenters. The molecule has 1 fully saturated rings. The fourth-order valence-electron chi connectivity index (χ4n) is 2.08. The molecule has 0 atom stereocenters. The van der Waals surface area contributed by atoms with E-state index in [1.165, 1.54) is 0 Å². The van der Waals surface area contributed by atoms with Gasteiger partial charge >= 0.3 is 12.1 Å². The van der Waals surface area contributed by atoms with Crippen LogP contribution in [0.3, 0.4) is 0 Å². The first kappa shape index (κ1) is 13.8. The fraction of sp³-hybridized carbons (Fsp3) is 0.538. The van der Waals surface area contributed by atoms with Crippen molar-refractivity contribution >= 4 is 5.97 Å². The number of pyridine rings is 1. The number of hydrogen-bond acceptors (Lipinski definition) is 3. The highest BCUT2D eigenvalue weighted by Crippen LogP contribution is 2.27. The van der Waals surface area contributed by atoms with E-state index in [0.717, 1.165) is 50.4 Å². The van der Waals surface area contributed by atoms with Gasteiger partial charge in [-0.15, -0.1) is 0 Å². The number of alkyl halides is 3. The van der Waals surface area contributed by atoms with Gasteiger partial charge in [-0.1, -0.05) is 6.42 Å². The molecule has 0 amide bonds. The molecule has 0 bridgehead atoms. The Morgan fingerprint density at radius 2 is 1.89 bits per heavy atom. The number of nitrogens with zero attached hydrogens (tertiary/aromatic N) is 1. The second-order valence-electron chi connectivity index (χ2n) is 4.60. The topological polar surface area (TPSA) is 39.2 Å². The highest BCUT2D eigenvalue weighted by atomic mass is 19.4. The van der Waals surface area contributed by atoms with Crippen LogP contribution in [0.15, 0.2) is 18.3 Å². The lowest BCUT2D eigenvalue weighted by atomic mass is 9.98. The maximum Gasteiger partial charge on any atom is 0.433 e. The smallest absolute Gasteiger partial charge is 0.433 e. The van der Waals surface area contributed by atoms with Gasteiger partial charge in [-0.25, -0.2) is 4.79 Å². The molecule has 0 N–H and O–H groups in total. The minimum Gasteiger partial charge on any atom is -0.459 e. The molecule has 1 aliphatic carbocycles. The summed E-state index contributed by atoms with van der Waals surface area (Å²) in [5.74, 6) is -0.604. The van der Waals surface area contributed by atoms with E-state index in [4.69, 9.17) is 4.74 Å². The Kier molecular flexibility index (Phi) is 4.07. The predicted molar refractivity (Wildman–Crippen MR) is 61.5 cm³/mol. The quantitative estimate of drug-likeness (QED) is 0.773. The first-order valence-corrected chi connectivity index (χ1v) is 6.21. The lowest BCUT2D eigenvalue weighted by Crippen LogP contribution is -2.21. The average molecular weight is 273 g/mol. The molecule has 0 spiro atoms. The SMILES string of the molecule is O=C(OC1CCCCC1)c1ccc(C(F)(F)F)nc1. The van der Waals surface area contributed by atoms with Crippen LogP contribution < -0.4 is 0 Å². The molecule has 104 valence electrons. The second-order valence-corrected chi connectivity index (χ2v) is 4.60. The number of esters is 1. The van der Waals surface area contributed by atoms with E-state index in [1.54, 1.807) is 0 Å². The Morgan fingerprint density at radius 3 is 2.42 bits per heavy atom. The van der Waals surface area contributed by atoms with Gasteiger partial charge in [0.2, 0.25) is 0 Å². The molecule has 19 heavy (non-hydrogen) atoms. The number of carbonyl (C=O) groups excluding carboxylic acids is 1. The molecule has 0 saturated heterocycles. The van der Waals surface area contributed by atoms with Gasteiger partial charge in [0, 0.05) is 6.20 Å². The Hall–Kier alpha value is -1.59. The Balaban J connectivity index is 1.99. The molecule has 1 saturated carbocycles. The Labute approximate surface area is 108 Å². The number of rotatable bonds is 2. The van der Waals surface area contributed by atoms with Crippen molar-refractivity contribution in [1.82, 2.24) is 4.98 Å². The van der Waals surface area contributed by atoms with Crippen molar-refractivity contribution < 1.29 is 22.7 Å². The lowest BCUT2D eigenvalue weighted by molar-refractivity contribution is -0.141. The average Bonchev–Trinajstić information content (AvgIpc) is 2.39. The molecule has 1 aromatic rings. The van der Waals surface area contributed by atoms with Crippen LogP contribution in [0.4, 0.5) is 13.2 Å². The number of carbonyl (C=O) groups is 1. The molecule has 0 radical (unpaired) electrons. The van der Waals surface area contributed by atoms with E-state index >= 15 is 0 Å². The summed E-state index contributed by atoms with van der Waals surface area (Å²) in [6, 6.07) is 1.89. The maximum absolute atomic E-state index is 12.3. The van der Waals surface area contributed by atoms with Crippen molar-refractivity contribution in [3.63, 3.8) is 0 Å². The molecule has 1 heterocycles. The van der Waals surface area contributed by atoms with Crippen molar-refractivity contribution in [3.05, 3.63) is 29.6 Å². The molecular formula is C13H14F3NO2. The van der Waals surface area contributed by atoms with E-state index in [1.807, 2.05) is 0 Å². The van der Waals surface area contributed by atoms with Crippen LogP contribution in [0.5, 0.6) is 0 Å². The molecular weight excluding hydrogens is 259 g/mol. The van der Waals surface area contributed by atoms with Gasteiger partial charge in [-0.05, 0) is 37.8 Å². The highest BCUT2D eigenvalue weighted by Gasteiger charge is 2.32. The molecule has 2 rings (SSSR count). The number of aromatic nitrogens is 1. The van der Waals surface area contributed by atoms with Crippen molar-refractivity contribution in [3.8, 4) is 0 Å². The van der Waals surface area contributed by atoms with Gasteiger partial charge in [-0.2, -0.15) is 13.2 Å². The van der Waals surface area contributed by atoms with Gasteiger partial charge in [0.1, 0.15) is 11.8 Å². The summed E-state index contributed by atoms with van der Waals surface area (Å²) in [5.41, 5.74) is -0.958. The van der Waals surface area contributed by atoms with Gasteiger partial charge in [0.15, 0.2) is 0 Å². The van der Waals surface area contributed by atoms with E-state index < -0.39 is 17.8 Å². The normalized spacial score (nSPS) is 17.2. The lowest BCUT2D eigenvalue weighted by Gasteiger charge is -2.21. The third-order valence-electron chi connectivity index (χ3n) is 3.12. The standard InChI is InChI=1S/C13H14F3NO2/c14-13(15,16)11-7-6-9(8-17-11)12(18)19-10-4-2-1-3-5-10/h6-8,10H,1-5H2. The van der Waals surface area contributed by atoms with E-state index in [-0.39, 0.29) is 11.7 Å². The molecule has 6 heteroatoms. The first-order chi connectivity index (χ1) is 8.97. The first-order valence-electron chi connectivity index (χ1n) is 6.21. The Bertz CT molecular complexity index is 436. The molecule has 0 aliphatic heterocycles. The van der Waals surface area contributed by atoms with Gasteiger partial charge in [0.05, 0.1) is 5.56 Å². The van der Waals surface area contributed by atoms with Crippen LogP contribution in [0.1, 0.15) is 48.2 Å². The fourth-order valence-corrected chi connectivity index (χ4v) is 2.08. The van der Waals surface area contributed by atoms with Crippen LogP contribution in [0, 0.1) is 0 Å². The summed E-state index contributed by atoms with van der Waals surface area (Å²) in [7, 11) is 0. The van der Waals surface area contributed by atoms with Crippen LogP contribution in [-0.2, 0) is 10.9 Å². The van der Waals surface area contributed by atoms with E-state index in [2.05, 4.69) is 4.98 Å². The zero-order valence-electron chi connectivity index (χ0n) is 10.2. The van der Waals surface area contributed by atoms with E-state index in [0.29, 0.717) is 0 Å². The van der Waals surface area contributed by atoms with Crippen LogP contribution in [0.2, 0.25) is 0 Å². The number of halogens is 3. The number of ether oxygens (including phenoxy) is 1. The van der Waals surface area contributed by atoms with Crippen LogP contribution >= 0.6 is 0 Å². The molecule has 1 aromatic heterocycles. The van der Waals surface area contributed by atoms with Crippen molar-refractivity contribution in [2.45, 2.75) is 44.4 Å². The van der Waals surface area contributed by atoms with Gasteiger partial charge in [0.25, 0.3) is 0 Å². The van der Waals surface area contributed by atoms with Crippen molar-refractivity contribution in [2.75, 3.05) is 0 Å². The third kappa shape index (κ3) is 3.68. The molecule has 1 aliphatic rings. The number of hydrogen-bond donors (Lipinski definition) is 0. The summed E-state index contributed by atoms with van der Waals surface area (Å²) in [4.78, 5) is 15.0. The third-order valence-corrected chi connectivity index (χ3v) is 3.12. The minimum absolute atomic E-state index is 0.0542. The monoisotopic (exact) mass is 273 g/mol. The summed E-state index contributed by atoms with van der Waals surface area (Å²) < 4.78 is 42.2. The zero-order valence-corrected chi connectivity index (χ0v) is 10.2. The zero-order chi connectivity index (χ0) is 13.9. The summed E-state index contributed by atoms with van der Waals surface area (Å²) in [6.45, 7) is 0. The van der Waals surface area contributed by atoms with Crippen LogP contribution in [-0.4, -0.2) is 17.1 Å². The van der Waals surface area contributed by atoms with Gasteiger partial charge in [-0.3, -0.25) is 4.98 Å². The maximum atomic E-state index is 12.3. The minimum atomic E-state index is -4.49. The summed E-state index contributed by atoms with van der Waals surface area (Å²) in [6.07, 6.45) is 1.10. The van der Waals surface area contributed by atoms with Crippen LogP contribution in [0.25, 0.3) is 0 Å². The molecule has 3 nitrogen and oxygen atoms in total. The largest absolute Gasteiger partial charge is 0.459 e.